The van der Waals surface area contributed by atoms with E-state index in [0.29, 0.717) is 0 Å². The average molecular weight is 496 g/mol. The summed E-state index contributed by atoms with van der Waals surface area (Å²) in [5.74, 6) is 0. The fraction of sp³-hybridized carbons (Fsp3) is 0.333. The number of para-hydroxylation sites is 1. The van der Waals surface area contributed by atoms with Crippen LogP contribution in [0.25, 0.3) is 0 Å². The third kappa shape index (κ3) is 6.49. The predicted octanol–water partition coefficient (Wildman–Crippen LogP) is 3.55. The van der Waals surface area contributed by atoms with Crippen LogP contribution in [0.15, 0.2) is 24.3 Å². The zero-order chi connectivity index (χ0) is 16.9. The first-order chi connectivity index (χ1) is 10.1. The molecule has 1 aromatic carbocycles. The molecule has 1 unspecified atom stereocenters. The summed E-state index contributed by atoms with van der Waals surface area (Å²) < 4.78 is -0.798. The molecule has 0 aliphatic carbocycles. The van der Waals surface area contributed by atoms with E-state index in [2.05, 4.69) is 38.5 Å². The van der Waals surface area contributed by atoms with Crippen LogP contribution in [0.5, 0.6) is 0 Å². The fourth-order valence-electron chi connectivity index (χ4n) is 1.30. The number of nitrogens with zero attached hydrogens (tertiary/aromatic N) is 1. The van der Waals surface area contributed by atoms with Crippen molar-refractivity contribution >= 4 is 86.4 Å². The van der Waals surface area contributed by atoms with Gasteiger partial charge in [0.25, 0.3) is 0 Å². The van der Waals surface area contributed by atoms with Crippen LogP contribution < -0.4 is 16.0 Å². The lowest BCUT2D eigenvalue weighted by Crippen LogP contribution is -2.57. The van der Waals surface area contributed by atoms with Gasteiger partial charge in [-0.15, -0.1) is 0 Å². The summed E-state index contributed by atoms with van der Waals surface area (Å²) in [7, 11) is 3.15. The number of alkyl halides is 3. The molecule has 122 valence electrons. The third-order valence-corrected chi connectivity index (χ3v) is 4.21. The van der Waals surface area contributed by atoms with Crippen LogP contribution in [-0.4, -0.2) is 40.1 Å². The number of hydrogen-bond donors (Lipinski definition) is 3. The Morgan fingerprint density at radius 2 is 1.86 bits per heavy atom. The number of amides is 2. The summed E-state index contributed by atoms with van der Waals surface area (Å²) in [6.07, 6.45) is -0.992. The maximum absolute atomic E-state index is 11.7. The lowest BCUT2D eigenvalue weighted by molar-refractivity contribution is 0.212. The molecule has 0 aliphatic heterocycles. The monoisotopic (exact) mass is 494 g/mol. The van der Waals surface area contributed by atoms with E-state index >= 15 is 0 Å². The normalized spacial score (nSPS) is 12.3. The SMILES string of the molecule is CN(C)C(=O)NC(NC(=S)Nc1ccccc1I)C(Cl)(Cl)Cl. The van der Waals surface area contributed by atoms with Crippen LogP contribution in [-0.2, 0) is 0 Å². The van der Waals surface area contributed by atoms with Gasteiger partial charge in [-0.3, -0.25) is 0 Å². The molecule has 1 atom stereocenters. The molecule has 0 aliphatic rings. The first-order valence-electron chi connectivity index (χ1n) is 5.98. The first kappa shape index (κ1) is 19.8. The summed E-state index contributed by atoms with van der Waals surface area (Å²) in [5.41, 5.74) is 0.808. The molecule has 3 N–H and O–H groups in total. The molecular formula is C12H14Cl3IN4OS. The van der Waals surface area contributed by atoms with E-state index < -0.39 is 16.0 Å². The minimum absolute atomic E-state index is 0.222. The highest BCUT2D eigenvalue weighted by Crippen LogP contribution is 2.29. The summed E-state index contributed by atoms with van der Waals surface area (Å²) in [5, 5.41) is 8.53. The van der Waals surface area contributed by atoms with Gasteiger partial charge in [0.1, 0.15) is 0 Å². The highest BCUT2D eigenvalue weighted by atomic mass is 127. The van der Waals surface area contributed by atoms with Gasteiger partial charge in [0.2, 0.25) is 3.79 Å². The molecule has 0 bridgehead atoms. The maximum Gasteiger partial charge on any atom is 0.318 e. The van der Waals surface area contributed by atoms with E-state index in [1.54, 1.807) is 14.1 Å². The van der Waals surface area contributed by atoms with Gasteiger partial charge in [-0.25, -0.2) is 4.79 Å². The Balaban J connectivity index is 2.75. The van der Waals surface area contributed by atoms with Crippen LogP contribution in [0.1, 0.15) is 0 Å². The minimum Gasteiger partial charge on any atom is -0.339 e. The number of carbonyl (C=O) groups excluding carboxylic acids is 1. The van der Waals surface area contributed by atoms with E-state index in [-0.39, 0.29) is 5.11 Å². The van der Waals surface area contributed by atoms with Gasteiger partial charge in [0.15, 0.2) is 11.3 Å². The largest absolute Gasteiger partial charge is 0.339 e. The summed E-state index contributed by atoms with van der Waals surface area (Å²) in [4.78, 5) is 13.0. The predicted molar refractivity (Wildman–Crippen MR) is 105 cm³/mol. The molecule has 22 heavy (non-hydrogen) atoms. The molecule has 0 fully saturated rings. The molecule has 1 aromatic rings. The number of thiocarbonyl (C=S) groups is 1. The number of anilines is 1. The highest BCUT2D eigenvalue weighted by molar-refractivity contribution is 14.1. The molecule has 0 radical (unpaired) electrons. The lowest BCUT2D eigenvalue weighted by Gasteiger charge is -2.29. The Hall–Kier alpha value is -0.220. The average Bonchev–Trinajstić information content (AvgIpc) is 2.39. The van der Waals surface area contributed by atoms with Crippen molar-refractivity contribution in [1.29, 1.82) is 0 Å². The van der Waals surface area contributed by atoms with Gasteiger partial charge >= 0.3 is 6.03 Å². The number of hydrogen-bond acceptors (Lipinski definition) is 2. The second-order valence-corrected chi connectivity index (χ2v) is 8.34. The fourth-order valence-corrected chi connectivity index (χ4v) is 2.38. The molecule has 10 heteroatoms. The summed E-state index contributed by atoms with van der Waals surface area (Å²) >= 11 is 25.0. The molecule has 0 aromatic heterocycles. The number of nitrogens with one attached hydrogen (secondary N) is 3. The van der Waals surface area contributed by atoms with Crippen LogP contribution in [0.3, 0.4) is 0 Å². The smallest absolute Gasteiger partial charge is 0.318 e. The van der Waals surface area contributed by atoms with E-state index in [1.165, 1.54) is 4.90 Å². The molecule has 2 amide bonds. The van der Waals surface area contributed by atoms with Crippen molar-refractivity contribution in [2.75, 3.05) is 19.4 Å². The van der Waals surface area contributed by atoms with E-state index in [1.807, 2.05) is 24.3 Å². The van der Waals surface area contributed by atoms with Crippen LogP contribution in [0.2, 0.25) is 0 Å². The Morgan fingerprint density at radius 3 is 2.36 bits per heavy atom. The number of halogens is 4. The van der Waals surface area contributed by atoms with E-state index in [0.717, 1.165) is 9.26 Å². The van der Waals surface area contributed by atoms with Gasteiger partial charge in [-0.1, -0.05) is 46.9 Å². The highest BCUT2D eigenvalue weighted by Gasteiger charge is 2.35. The molecule has 5 nitrogen and oxygen atoms in total. The number of rotatable bonds is 3. The van der Waals surface area contributed by atoms with E-state index in [9.17, 15) is 4.79 Å². The molecular weight excluding hydrogens is 481 g/mol. The van der Waals surface area contributed by atoms with Gasteiger partial charge in [0.05, 0.1) is 5.69 Å². The van der Waals surface area contributed by atoms with Crippen molar-refractivity contribution < 1.29 is 4.79 Å². The standard InChI is InChI=1S/C12H14Cl3IN4OS/c1-20(2)11(21)19-9(12(13,14)15)18-10(22)17-8-6-4-3-5-7(8)16/h3-6,9H,1-2H3,(H,19,21)(H2,17,18,22). The van der Waals surface area contributed by atoms with Crippen molar-refractivity contribution in [3.8, 4) is 0 Å². The van der Waals surface area contributed by atoms with Crippen molar-refractivity contribution in [1.82, 2.24) is 15.5 Å². The first-order valence-corrected chi connectivity index (χ1v) is 8.60. The van der Waals surface area contributed by atoms with Crippen molar-refractivity contribution in [3.05, 3.63) is 27.8 Å². The number of urea groups is 1. The Kier molecular flexibility index (Phi) is 7.73. The van der Waals surface area contributed by atoms with Crippen molar-refractivity contribution in [3.63, 3.8) is 0 Å². The maximum atomic E-state index is 11.7. The van der Waals surface area contributed by atoms with E-state index in [4.69, 9.17) is 47.0 Å². The van der Waals surface area contributed by atoms with Gasteiger partial charge in [-0.05, 0) is 46.9 Å². The zero-order valence-corrected chi connectivity index (χ0v) is 16.9. The topological polar surface area (TPSA) is 56.4 Å². The number of benzene rings is 1. The second-order valence-electron chi connectivity index (χ2n) is 4.40. The van der Waals surface area contributed by atoms with Crippen LogP contribution in [0.4, 0.5) is 10.5 Å². The molecule has 0 saturated carbocycles. The summed E-state index contributed by atoms with van der Waals surface area (Å²) in [6, 6.07) is 7.14. The molecule has 0 heterocycles. The van der Waals surface area contributed by atoms with Crippen LogP contribution >= 0.6 is 69.6 Å². The molecule has 0 spiro atoms. The molecule has 1 rings (SSSR count). The number of carbonyl (C=O) groups is 1. The lowest BCUT2D eigenvalue weighted by atomic mass is 10.3. The van der Waals surface area contributed by atoms with Crippen molar-refractivity contribution in [2.45, 2.75) is 9.96 Å². The Morgan fingerprint density at radius 1 is 1.27 bits per heavy atom. The Labute approximate surface area is 163 Å². The summed E-state index contributed by atoms with van der Waals surface area (Å²) in [6.45, 7) is 0. The third-order valence-electron chi connectivity index (χ3n) is 2.40. The van der Waals surface area contributed by atoms with Gasteiger partial charge in [0, 0.05) is 17.7 Å². The Bertz CT molecular complexity index is 553. The quantitative estimate of drug-likeness (QED) is 0.260. The minimum atomic E-state index is -1.78. The van der Waals surface area contributed by atoms with Crippen molar-refractivity contribution in [2.24, 2.45) is 0 Å². The zero-order valence-electron chi connectivity index (χ0n) is 11.7. The second kappa shape index (κ2) is 8.58. The van der Waals surface area contributed by atoms with Gasteiger partial charge < -0.3 is 20.9 Å². The van der Waals surface area contributed by atoms with Crippen LogP contribution in [0, 0.1) is 3.57 Å². The molecule has 0 saturated heterocycles. The van der Waals surface area contributed by atoms with Gasteiger partial charge in [-0.2, -0.15) is 0 Å².